The molecule has 0 spiro atoms. The van der Waals surface area contributed by atoms with Crippen molar-refractivity contribution in [3.8, 4) is 0 Å². The number of hydrogen-bond acceptors (Lipinski definition) is 3. The summed E-state index contributed by atoms with van der Waals surface area (Å²) in [6.45, 7) is 0. The maximum Gasteiger partial charge on any atom is 0.279 e. The molecule has 0 saturated carbocycles. The zero-order valence-corrected chi connectivity index (χ0v) is 5.42. The predicted molar refractivity (Wildman–Crippen MR) is 34.6 cm³/mol. The van der Waals surface area contributed by atoms with Crippen molar-refractivity contribution >= 4 is 17.4 Å². The number of ketones is 1. The second-order valence-electron chi connectivity index (χ2n) is 1.97. The number of nitrogens with zero attached hydrogens (tertiary/aromatic N) is 1. The van der Waals surface area contributed by atoms with Gasteiger partial charge >= 0.3 is 0 Å². The smallest absolute Gasteiger partial charge is 0.279 e. The van der Waals surface area contributed by atoms with Gasteiger partial charge in [-0.15, -0.1) is 0 Å². The molecular formula is C6H6N2O2. The molecule has 10 heavy (non-hydrogen) atoms. The maximum absolute atomic E-state index is 10.8. The van der Waals surface area contributed by atoms with Gasteiger partial charge in [0.2, 0.25) is 5.78 Å². The van der Waals surface area contributed by atoms with Crippen molar-refractivity contribution in [1.82, 2.24) is 4.90 Å². The first-order valence-corrected chi connectivity index (χ1v) is 2.71. The third kappa shape index (κ3) is 0.834. The number of carbonyl (C=O) groups is 2. The fourth-order valence-electron chi connectivity index (χ4n) is 0.612. The van der Waals surface area contributed by atoms with E-state index in [0.29, 0.717) is 0 Å². The standard InChI is InChI=1S/C6H6N2O2/c1-8-3-2-4(9)5(7)6(8)10/h2-3,7H,1H3. The third-order valence-electron chi connectivity index (χ3n) is 1.23. The number of carbonyl (C=O) groups excluding carboxylic acids is 2. The number of allylic oxidation sites excluding steroid dienone is 1. The normalized spacial score (nSPS) is 18.5. The van der Waals surface area contributed by atoms with Gasteiger partial charge in [0.1, 0.15) is 0 Å². The van der Waals surface area contributed by atoms with Crippen LogP contribution in [0.2, 0.25) is 0 Å². The van der Waals surface area contributed by atoms with Gasteiger partial charge in [0.25, 0.3) is 5.91 Å². The average Bonchev–Trinajstić information content (AvgIpc) is 1.93. The molecule has 0 bridgehead atoms. The molecule has 1 N–H and O–H groups in total. The summed E-state index contributed by atoms with van der Waals surface area (Å²) in [5, 5.41) is 6.94. The highest BCUT2D eigenvalue weighted by atomic mass is 16.2. The molecule has 0 atom stereocenters. The van der Waals surface area contributed by atoms with Crippen LogP contribution in [0.15, 0.2) is 12.3 Å². The third-order valence-corrected chi connectivity index (χ3v) is 1.23. The van der Waals surface area contributed by atoms with Crippen LogP contribution in [0.25, 0.3) is 0 Å². The molecule has 0 saturated heterocycles. The van der Waals surface area contributed by atoms with Gasteiger partial charge in [-0.25, -0.2) is 0 Å². The van der Waals surface area contributed by atoms with E-state index in [9.17, 15) is 9.59 Å². The Balaban J connectivity index is 3.01. The van der Waals surface area contributed by atoms with Crippen LogP contribution in [-0.2, 0) is 9.59 Å². The van der Waals surface area contributed by atoms with Crippen molar-refractivity contribution in [3.05, 3.63) is 12.3 Å². The van der Waals surface area contributed by atoms with Crippen molar-refractivity contribution in [2.45, 2.75) is 0 Å². The van der Waals surface area contributed by atoms with E-state index in [0.717, 1.165) is 0 Å². The SMILES string of the molecule is CN1C=CC(=O)C(=N)C1=O. The van der Waals surface area contributed by atoms with Gasteiger partial charge in [-0.3, -0.25) is 15.0 Å². The Morgan fingerprint density at radius 2 is 2.10 bits per heavy atom. The fraction of sp³-hybridized carbons (Fsp3) is 0.167. The van der Waals surface area contributed by atoms with E-state index in [1.54, 1.807) is 0 Å². The quantitative estimate of drug-likeness (QED) is 0.493. The molecule has 4 heteroatoms. The van der Waals surface area contributed by atoms with Crippen LogP contribution in [0.4, 0.5) is 0 Å². The van der Waals surface area contributed by atoms with E-state index in [1.807, 2.05) is 0 Å². The number of rotatable bonds is 0. The Labute approximate surface area is 57.6 Å². The molecule has 1 aliphatic heterocycles. The molecule has 0 radical (unpaired) electrons. The van der Waals surface area contributed by atoms with Gasteiger partial charge in [-0.1, -0.05) is 0 Å². The largest absolute Gasteiger partial charge is 0.317 e. The number of hydrogen-bond donors (Lipinski definition) is 1. The van der Waals surface area contributed by atoms with Crippen LogP contribution in [0.1, 0.15) is 0 Å². The molecule has 0 aromatic rings. The fourth-order valence-corrected chi connectivity index (χ4v) is 0.612. The van der Waals surface area contributed by atoms with E-state index in [1.165, 1.54) is 24.2 Å². The first-order valence-electron chi connectivity index (χ1n) is 2.71. The highest BCUT2D eigenvalue weighted by Gasteiger charge is 2.22. The van der Waals surface area contributed by atoms with Crippen LogP contribution in [0.5, 0.6) is 0 Å². The summed E-state index contributed by atoms with van der Waals surface area (Å²) in [6.07, 6.45) is 2.55. The van der Waals surface area contributed by atoms with Gasteiger partial charge < -0.3 is 4.90 Å². The summed E-state index contributed by atoms with van der Waals surface area (Å²) < 4.78 is 0. The number of amides is 1. The highest BCUT2D eigenvalue weighted by molar-refractivity contribution is 6.67. The van der Waals surface area contributed by atoms with Crippen molar-refractivity contribution in [2.75, 3.05) is 7.05 Å². The Hall–Kier alpha value is -1.45. The molecule has 0 fully saturated rings. The molecule has 52 valence electrons. The average molecular weight is 138 g/mol. The molecule has 0 unspecified atom stereocenters. The predicted octanol–water partition coefficient (Wildman–Crippen LogP) is -0.439. The van der Waals surface area contributed by atoms with Gasteiger partial charge in [0, 0.05) is 19.3 Å². The lowest BCUT2D eigenvalue weighted by Crippen LogP contribution is -2.36. The van der Waals surface area contributed by atoms with Crippen molar-refractivity contribution in [1.29, 1.82) is 5.41 Å². The van der Waals surface area contributed by atoms with Crippen molar-refractivity contribution in [2.24, 2.45) is 0 Å². The van der Waals surface area contributed by atoms with Crippen LogP contribution in [0.3, 0.4) is 0 Å². The summed E-state index contributed by atoms with van der Waals surface area (Å²) in [4.78, 5) is 22.6. The summed E-state index contributed by atoms with van der Waals surface area (Å²) in [5.74, 6) is -1.07. The van der Waals surface area contributed by atoms with Crippen LogP contribution >= 0.6 is 0 Å². The minimum absolute atomic E-state index is 0.468. The van der Waals surface area contributed by atoms with Gasteiger partial charge in [0.15, 0.2) is 5.71 Å². The van der Waals surface area contributed by atoms with Crippen LogP contribution in [0, 0.1) is 5.41 Å². The molecule has 0 aromatic carbocycles. The van der Waals surface area contributed by atoms with E-state index in [-0.39, 0.29) is 0 Å². The summed E-state index contributed by atoms with van der Waals surface area (Å²) >= 11 is 0. The second kappa shape index (κ2) is 2.06. The Morgan fingerprint density at radius 3 is 2.60 bits per heavy atom. The molecule has 1 aliphatic rings. The van der Waals surface area contributed by atoms with E-state index in [2.05, 4.69) is 0 Å². The Kier molecular flexibility index (Phi) is 1.37. The first kappa shape index (κ1) is 6.67. The van der Waals surface area contributed by atoms with Gasteiger partial charge in [0.05, 0.1) is 0 Å². The highest BCUT2D eigenvalue weighted by Crippen LogP contribution is 1.97. The lowest BCUT2D eigenvalue weighted by molar-refractivity contribution is -0.122. The van der Waals surface area contributed by atoms with Gasteiger partial charge in [-0.05, 0) is 0 Å². The molecule has 1 amide bonds. The first-order chi connectivity index (χ1) is 4.63. The summed E-state index contributed by atoms with van der Waals surface area (Å²) in [7, 11) is 1.50. The molecule has 0 aliphatic carbocycles. The molecule has 0 aromatic heterocycles. The maximum atomic E-state index is 10.8. The second-order valence-corrected chi connectivity index (χ2v) is 1.97. The van der Waals surface area contributed by atoms with Crippen LogP contribution < -0.4 is 0 Å². The van der Waals surface area contributed by atoms with Crippen molar-refractivity contribution in [3.63, 3.8) is 0 Å². The van der Waals surface area contributed by atoms with E-state index in [4.69, 9.17) is 5.41 Å². The van der Waals surface area contributed by atoms with Gasteiger partial charge in [-0.2, -0.15) is 0 Å². The molecule has 1 heterocycles. The molecular weight excluding hydrogens is 132 g/mol. The lowest BCUT2D eigenvalue weighted by Gasteiger charge is -2.14. The lowest BCUT2D eigenvalue weighted by atomic mass is 10.2. The topological polar surface area (TPSA) is 61.2 Å². The monoisotopic (exact) mass is 138 g/mol. The minimum atomic E-state index is -0.549. The van der Waals surface area contributed by atoms with E-state index >= 15 is 0 Å². The van der Waals surface area contributed by atoms with Crippen molar-refractivity contribution < 1.29 is 9.59 Å². The summed E-state index contributed by atoms with van der Waals surface area (Å²) in [5.41, 5.74) is -0.468. The Morgan fingerprint density at radius 1 is 1.50 bits per heavy atom. The molecule has 1 rings (SSSR count). The minimum Gasteiger partial charge on any atom is -0.317 e. The molecule has 4 nitrogen and oxygen atoms in total. The number of nitrogens with one attached hydrogen (secondary N) is 1. The van der Waals surface area contributed by atoms with Crippen LogP contribution in [-0.4, -0.2) is 29.3 Å². The summed E-state index contributed by atoms with van der Waals surface area (Å²) in [6, 6.07) is 0. The zero-order chi connectivity index (χ0) is 7.72. The Bertz CT molecular complexity index is 242. The van der Waals surface area contributed by atoms with E-state index < -0.39 is 17.4 Å². The zero-order valence-electron chi connectivity index (χ0n) is 5.42.